The zero-order chi connectivity index (χ0) is 12.1. The summed E-state index contributed by atoms with van der Waals surface area (Å²) < 4.78 is 5.38. The van der Waals surface area contributed by atoms with E-state index < -0.39 is 0 Å². The molecule has 0 aromatic heterocycles. The molecular formula is C14H20ClNO. The van der Waals surface area contributed by atoms with Crippen LogP contribution in [0.1, 0.15) is 36.3 Å². The average Bonchev–Trinajstić information content (AvgIpc) is 2.37. The Morgan fingerprint density at radius 1 is 1.29 bits per heavy atom. The fraction of sp³-hybridized carbons (Fsp3) is 0.571. The van der Waals surface area contributed by atoms with Crippen LogP contribution in [0.4, 0.5) is 0 Å². The molecule has 0 aliphatic carbocycles. The maximum Gasteiger partial charge on any atom is 0.0471 e. The lowest BCUT2D eigenvalue weighted by Crippen LogP contribution is -2.14. The van der Waals surface area contributed by atoms with E-state index in [9.17, 15) is 0 Å². The molecule has 0 spiro atoms. The van der Waals surface area contributed by atoms with Crippen LogP contribution in [0.15, 0.2) is 18.2 Å². The standard InChI is InChI=1S/C14H20ClNO/c15-14-10-11(2-1-7-16)3-4-13(14)12-5-8-17-9-6-12/h3-4,10,12H,1-2,5-9,16H2. The van der Waals surface area contributed by atoms with Crippen LogP contribution < -0.4 is 5.73 Å². The van der Waals surface area contributed by atoms with Crippen molar-refractivity contribution in [3.8, 4) is 0 Å². The molecule has 1 heterocycles. The van der Waals surface area contributed by atoms with Crippen molar-refractivity contribution >= 4 is 11.6 Å². The smallest absolute Gasteiger partial charge is 0.0471 e. The van der Waals surface area contributed by atoms with Crippen LogP contribution in [0, 0.1) is 0 Å². The molecule has 2 nitrogen and oxygen atoms in total. The molecule has 0 unspecified atom stereocenters. The van der Waals surface area contributed by atoms with E-state index in [1.807, 2.05) is 0 Å². The van der Waals surface area contributed by atoms with E-state index in [1.54, 1.807) is 0 Å². The lowest BCUT2D eigenvalue weighted by atomic mass is 9.90. The van der Waals surface area contributed by atoms with E-state index in [-0.39, 0.29) is 0 Å². The highest BCUT2D eigenvalue weighted by atomic mass is 35.5. The molecule has 1 saturated heterocycles. The Bertz CT molecular complexity index is 361. The van der Waals surface area contributed by atoms with Crippen LogP contribution in [-0.4, -0.2) is 19.8 Å². The number of halogens is 1. The summed E-state index contributed by atoms with van der Waals surface area (Å²) in [5.74, 6) is 0.569. The van der Waals surface area contributed by atoms with Crippen molar-refractivity contribution < 1.29 is 4.74 Å². The second-order valence-corrected chi connectivity index (χ2v) is 5.04. The number of hydrogen-bond donors (Lipinski definition) is 1. The van der Waals surface area contributed by atoms with Gasteiger partial charge in [-0.05, 0) is 55.3 Å². The Hall–Kier alpha value is -0.570. The number of ether oxygens (including phenoxy) is 1. The van der Waals surface area contributed by atoms with Crippen LogP contribution in [0.5, 0.6) is 0 Å². The Balaban J connectivity index is 2.07. The van der Waals surface area contributed by atoms with Gasteiger partial charge in [0.2, 0.25) is 0 Å². The molecule has 0 radical (unpaired) electrons. The van der Waals surface area contributed by atoms with Crippen molar-refractivity contribution in [2.45, 2.75) is 31.6 Å². The van der Waals surface area contributed by atoms with Crippen LogP contribution in [-0.2, 0) is 11.2 Å². The maximum atomic E-state index is 6.37. The number of nitrogens with two attached hydrogens (primary N) is 1. The lowest BCUT2D eigenvalue weighted by Gasteiger charge is -2.23. The van der Waals surface area contributed by atoms with Gasteiger partial charge in [0.05, 0.1) is 0 Å². The highest BCUT2D eigenvalue weighted by Crippen LogP contribution is 2.32. The van der Waals surface area contributed by atoms with Gasteiger partial charge in [0.1, 0.15) is 0 Å². The topological polar surface area (TPSA) is 35.2 Å². The third-order valence-electron chi connectivity index (χ3n) is 3.40. The molecule has 3 heteroatoms. The van der Waals surface area contributed by atoms with Gasteiger partial charge >= 0.3 is 0 Å². The van der Waals surface area contributed by atoms with E-state index in [2.05, 4.69) is 18.2 Å². The summed E-state index contributed by atoms with van der Waals surface area (Å²) in [6.45, 7) is 2.45. The van der Waals surface area contributed by atoms with Gasteiger partial charge in [-0.15, -0.1) is 0 Å². The third kappa shape index (κ3) is 3.44. The highest BCUT2D eigenvalue weighted by Gasteiger charge is 2.18. The summed E-state index contributed by atoms with van der Waals surface area (Å²) in [6.07, 6.45) is 4.21. The van der Waals surface area contributed by atoms with E-state index in [4.69, 9.17) is 22.1 Å². The van der Waals surface area contributed by atoms with E-state index in [1.165, 1.54) is 11.1 Å². The first-order valence-corrected chi connectivity index (χ1v) is 6.75. The molecule has 94 valence electrons. The quantitative estimate of drug-likeness (QED) is 0.895. The average molecular weight is 254 g/mol. The molecule has 1 aliphatic heterocycles. The molecule has 1 aromatic rings. The molecule has 0 atom stereocenters. The molecule has 2 N–H and O–H groups in total. The van der Waals surface area contributed by atoms with Crippen molar-refractivity contribution in [3.05, 3.63) is 34.3 Å². The van der Waals surface area contributed by atoms with Gasteiger partial charge in [0.25, 0.3) is 0 Å². The largest absolute Gasteiger partial charge is 0.381 e. The van der Waals surface area contributed by atoms with Crippen LogP contribution >= 0.6 is 11.6 Å². The van der Waals surface area contributed by atoms with Gasteiger partial charge in [0.15, 0.2) is 0 Å². The predicted molar refractivity (Wildman–Crippen MR) is 71.6 cm³/mol. The molecule has 0 bridgehead atoms. The fourth-order valence-corrected chi connectivity index (χ4v) is 2.73. The summed E-state index contributed by atoms with van der Waals surface area (Å²) in [4.78, 5) is 0. The van der Waals surface area contributed by atoms with Crippen molar-refractivity contribution in [1.82, 2.24) is 0 Å². The monoisotopic (exact) mass is 253 g/mol. The van der Waals surface area contributed by atoms with Gasteiger partial charge in [-0.25, -0.2) is 0 Å². The number of rotatable bonds is 4. The van der Waals surface area contributed by atoms with E-state index in [0.717, 1.165) is 50.5 Å². The molecule has 0 amide bonds. The zero-order valence-electron chi connectivity index (χ0n) is 10.1. The van der Waals surface area contributed by atoms with Crippen molar-refractivity contribution in [2.24, 2.45) is 5.73 Å². The second-order valence-electron chi connectivity index (χ2n) is 4.63. The van der Waals surface area contributed by atoms with Crippen molar-refractivity contribution in [1.29, 1.82) is 0 Å². The normalized spacial score (nSPS) is 17.3. The first kappa shape index (κ1) is 12.9. The van der Waals surface area contributed by atoms with Gasteiger partial charge in [-0.1, -0.05) is 23.7 Å². The number of hydrogen-bond acceptors (Lipinski definition) is 2. The van der Waals surface area contributed by atoms with Crippen molar-refractivity contribution in [3.63, 3.8) is 0 Å². The number of benzene rings is 1. The first-order chi connectivity index (χ1) is 8.31. The SMILES string of the molecule is NCCCc1ccc(C2CCOCC2)c(Cl)c1. The first-order valence-electron chi connectivity index (χ1n) is 6.37. The molecule has 17 heavy (non-hydrogen) atoms. The van der Waals surface area contributed by atoms with Gasteiger partial charge in [0, 0.05) is 18.2 Å². The predicted octanol–water partition coefficient (Wildman–Crippen LogP) is 3.13. The molecular weight excluding hydrogens is 234 g/mol. The zero-order valence-corrected chi connectivity index (χ0v) is 10.9. The van der Waals surface area contributed by atoms with Gasteiger partial charge in [-0.2, -0.15) is 0 Å². The van der Waals surface area contributed by atoms with E-state index in [0.29, 0.717) is 5.92 Å². The lowest BCUT2D eigenvalue weighted by molar-refractivity contribution is 0.0853. The molecule has 1 fully saturated rings. The Morgan fingerprint density at radius 2 is 2.06 bits per heavy atom. The van der Waals surface area contributed by atoms with Gasteiger partial charge in [-0.3, -0.25) is 0 Å². The minimum absolute atomic E-state index is 0.569. The molecule has 2 rings (SSSR count). The minimum Gasteiger partial charge on any atom is -0.381 e. The molecule has 1 aromatic carbocycles. The van der Waals surface area contributed by atoms with Crippen LogP contribution in [0.25, 0.3) is 0 Å². The minimum atomic E-state index is 0.569. The van der Waals surface area contributed by atoms with Crippen molar-refractivity contribution in [2.75, 3.05) is 19.8 Å². The Kier molecular flexibility index (Phi) is 4.84. The fourth-order valence-electron chi connectivity index (χ4n) is 2.37. The molecule has 0 saturated carbocycles. The molecule has 1 aliphatic rings. The van der Waals surface area contributed by atoms with Crippen LogP contribution in [0.2, 0.25) is 5.02 Å². The summed E-state index contributed by atoms with van der Waals surface area (Å²) in [5.41, 5.74) is 8.09. The Morgan fingerprint density at radius 3 is 2.71 bits per heavy atom. The number of aryl methyl sites for hydroxylation is 1. The summed E-state index contributed by atoms with van der Waals surface area (Å²) in [5, 5.41) is 0.909. The van der Waals surface area contributed by atoms with Crippen LogP contribution in [0.3, 0.4) is 0 Å². The summed E-state index contributed by atoms with van der Waals surface area (Å²) >= 11 is 6.37. The highest BCUT2D eigenvalue weighted by molar-refractivity contribution is 6.31. The van der Waals surface area contributed by atoms with Gasteiger partial charge < -0.3 is 10.5 Å². The summed E-state index contributed by atoms with van der Waals surface area (Å²) in [7, 11) is 0. The Labute approximate surface area is 108 Å². The second kappa shape index (κ2) is 6.39. The summed E-state index contributed by atoms with van der Waals surface area (Å²) in [6, 6.07) is 6.47. The maximum absolute atomic E-state index is 6.37. The van der Waals surface area contributed by atoms with E-state index >= 15 is 0 Å². The third-order valence-corrected chi connectivity index (χ3v) is 3.72.